The molecule has 1 atom stereocenters. The number of amides is 3. The maximum atomic E-state index is 12.6. The molecular weight excluding hydrogens is 440 g/mol. The average molecular weight is 469 g/mol. The summed E-state index contributed by atoms with van der Waals surface area (Å²) in [7, 11) is 0. The van der Waals surface area contributed by atoms with Crippen LogP contribution in [0.25, 0.3) is 0 Å². The van der Waals surface area contributed by atoms with Gasteiger partial charge in [0.1, 0.15) is 6.04 Å². The molecule has 0 spiro atoms. The first kappa shape index (κ1) is 23.3. The molecule has 0 bridgehead atoms. The minimum atomic E-state index is -0.773. The fraction of sp³-hybridized carbons (Fsp3) is 0.400. The number of carbonyl (C=O) groups excluding carboxylic acids is 3. The molecule has 2 aromatic rings. The fourth-order valence-corrected chi connectivity index (χ4v) is 4.55. The molecule has 33 heavy (non-hydrogen) atoms. The lowest BCUT2D eigenvalue weighted by molar-refractivity contribution is -0.138. The number of likely N-dealkylation sites (tertiary alicyclic amines) is 1. The zero-order valence-corrected chi connectivity index (χ0v) is 19.3. The van der Waals surface area contributed by atoms with E-state index in [-0.39, 0.29) is 24.1 Å². The van der Waals surface area contributed by atoms with E-state index in [0.717, 1.165) is 56.3 Å². The van der Waals surface area contributed by atoms with Crippen LogP contribution < -0.4 is 10.2 Å². The van der Waals surface area contributed by atoms with Gasteiger partial charge in [0.25, 0.3) is 11.8 Å². The summed E-state index contributed by atoms with van der Waals surface area (Å²) in [6.07, 6.45) is 1.70. The van der Waals surface area contributed by atoms with Crippen molar-refractivity contribution in [2.45, 2.75) is 25.3 Å². The fourth-order valence-electron chi connectivity index (χ4n) is 4.37. The molecule has 1 unspecified atom stereocenters. The van der Waals surface area contributed by atoms with E-state index >= 15 is 0 Å². The molecule has 174 valence electrons. The van der Waals surface area contributed by atoms with Crippen molar-refractivity contribution < 1.29 is 14.4 Å². The first-order chi connectivity index (χ1) is 16.0. The first-order valence-corrected chi connectivity index (χ1v) is 11.8. The summed E-state index contributed by atoms with van der Waals surface area (Å²) in [5.74, 6) is -0.853. The van der Waals surface area contributed by atoms with Gasteiger partial charge in [-0.15, -0.1) is 0 Å². The molecule has 3 amide bonds. The number of anilines is 1. The quantitative estimate of drug-likeness (QED) is 0.476. The lowest BCUT2D eigenvalue weighted by Crippen LogP contribution is -2.46. The number of piperazine rings is 1. The Kier molecular flexibility index (Phi) is 7.62. The summed E-state index contributed by atoms with van der Waals surface area (Å²) in [4.78, 5) is 43.3. The Morgan fingerprint density at radius 2 is 1.67 bits per heavy atom. The van der Waals surface area contributed by atoms with Crippen LogP contribution in [-0.2, 0) is 9.59 Å². The van der Waals surface area contributed by atoms with E-state index in [2.05, 4.69) is 21.2 Å². The molecule has 7 nitrogen and oxygen atoms in total. The van der Waals surface area contributed by atoms with Crippen molar-refractivity contribution in [3.8, 4) is 0 Å². The Morgan fingerprint density at radius 1 is 0.939 bits per heavy atom. The third-order valence-electron chi connectivity index (χ3n) is 6.24. The van der Waals surface area contributed by atoms with Gasteiger partial charge in [-0.3, -0.25) is 24.2 Å². The van der Waals surface area contributed by atoms with Gasteiger partial charge in [0.2, 0.25) is 5.91 Å². The second-order valence-corrected chi connectivity index (χ2v) is 8.93. The summed E-state index contributed by atoms with van der Waals surface area (Å²) < 4.78 is 0. The van der Waals surface area contributed by atoms with Crippen LogP contribution in [0.15, 0.2) is 54.6 Å². The summed E-state index contributed by atoms with van der Waals surface area (Å²) in [6.45, 7) is 5.19. The number of rotatable bonds is 8. The Labute approximate surface area is 199 Å². The second kappa shape index (κ2) is 10.8. The number of nitrogens with zero attached hydrogens (tertiary/aromatic N) is 3. The second-order valence-electron chi connectivity index (χ2n) is 8.50. The zero-order chi connectivity index (χ0) is 23.2. The topological polar surface area (TPSA) is 73.0 Å². The highest BCUT2D eigenvalue weighted by atomic mass is 35.5. The van der Waals surface area contributed by atoms with Crippen LogP contribution in [0.1, 0.15) is 29.6 Å². The molecule has 0 saturated carbocycles. The van der Waals surface area contributed by atoms with Gasteiger partial charge in [0.15, 0.2) is 0 Å². The molecule has 4 rings (SSSR count). The van der Waals surface area contributed by atoms with E-state index in [0.29, 0.717) is 12.1 Å². The van der Waals surface area contributed by atoms with Crippen molar-refractivity contribution in [2.75, 3.05) is 44.2 Å². The van der Waals surface area contributed by atoms with Gasteiger partial charge in [0.05, 0.1) is 6.42 Å². The van der Waals surface area contributed by atoms with Gasteiger partial charge in [-0.05, 0) is 49.7 Å². The monoisotopic (exact) mass is 468 g/mol. The lowest BCUT2D eigenvalue weighted by Gasteiger charge is -2.36. The molecule has 2 fully saturated rings. The SMILES string of the molecule is O=C(NC1CC(=O)N(CCCCN2CCN(c3cccc(Cl)c3)CC2)C1=O)c1ccccc1. The highest BCUT2D eigenvalue weighted by molar-refractivity contribution is 6.30. The first-order valence-electron chi connectivity index (χ1n) is 11.4. The van der Waals surface area contributed by atoms with Crippen molar-refractivity contribution in [1.82, 2.24) is 15.1 Å². The number of hydrogen-bond acceptors (Lipinski definition) is 5. The van der Waals surface area contributed by atoms with E-state index in [9.17, 15) is 14.4 Å². The van der Waals surface area contributed by atoms with Crippen molar-refractivity contribution in [3.63, 3.8) is 0 Å². The summed E-state index contributed by atoms with van der Waals surface area (Å²) in [5.41, 5.74) is 1.63. The molecule has 2 aliphatic rings. The van der Waals surface area contributed by atoms with E-state index in [1.165, 1.54) is 4.90 Å². The molecule has 2 aromatic carbocycles. The normalized spacial score (nSPS) is 19.2. The molecule has 0 aromatic heterocycles. The van der Waals surface area contributed by atoms with E-state index < -0.39 is 6.04 Å². The van der Waals surface area contributed by atoms with Crippen molar-refractivity contribution in [1.29, 1.82) is 0 Å². The summed E-state index contributed by atoms with van der Waals surface area (Å²) >= 11 is 6.10. The molecule has 1 N–H and O–H groups in total. The van der Waals surface area contributed by atoms with E-state index in [1.54, 1.807) is 24.3 Å². The molecular formula is C25H29ClN4O3. The van der Waals surface area contributed by atoms with Crippen LogP contribution >= 0.6 is 11.6 Å². The molecule has 8 heteroatoms. The van der Waals surface area contributed by atoms with Gasteiger partial charge in [-0.1, -0.05) is 35.9 Å². The molecule has 0 aliphatic carbocycles. The lowest BCUT2D eigenvalue weighted by atomic mass is 10.2. The van der Waals surface area contributed by atoms with Crippen LogP contribution in [0.3, 0.4) is 0 Å². The molecule has 2 heterocycles. The number of imide groups is 1. The van der Waals surface area contributed by atoms with Gasteiger partial charge < -0.3 is 10.2 Å². The van der Waals surface area contributed by atoms with Crippen LogP contribution in [0.5, 0.6) is 0 Å². The standard InChI is InChI=1S/C25H29ClN4O3/c26-20-9-6-10-21(17-20)29-15-13-28(14-16-29)11-4-5-12-30-23(31)18-22(25(30)33)27-24(32)19-7-2-1-3-8-19/h1-3,6-10,17,22H,4-5,11-16,18H2,(H,27,32). The summed E-state index contributed by atoms with van der Waals surface area (Å²) in [5, 5.41) is 3.45. The highest BCUT2D eigenvalue weighted by Gasteiger charge is 2.39. The number of halogens is 1. The van der Waals surface area contributed by atoms with Crippen LogP contribution in [0.2, 0.25) is 5.02 Å². The van der Waals surface area contributed by atoms with Crippen molar-refractivity contribution in [2.24, 2.45) is 0 Å². The van der Waals surface area contributed by atoms with Crippen LogP contribution in [-0.4, -0.2) is 72.8 Å². The third kappa shape index (κ3) is 5.92. The number of carbonyl (C=O) groups is 3. The van der Waals surface area contributed by atoms with Crippen molar-refractivity contribution in [3.05, 3.63) is 65.2 Å². The maximum absolute atomic E-state index is 12.6. The van der Waals surface area contributed by atoms with Crippen LogP contribution in [0.4, 0.5) is 5.69 Å². The smallest absolute Gasteiger partial charge is 0.252 e. The number of benzene rings is 2. The van der Waals surface area contributed by atoms with Crippen LogP contribution in [0, 0.1) is 0 Å². The predicted octanol–water partition coefficient (Wildman–Crippen LogP) is 2.80. The average Bonchev–Trinajstić information content (AvgIpc) is 3.10. The van der Waals surface area contributed by atoms with Gasteiger partial charge in [-0.25, -0.2) is 0 Å². The van der Waals surface area contributed by atoms with Gasteiger partial charge in [-0.2, -0.15) is 0 Å². The third-order valence-corrected chi connectivity index (χ3v) is 6.47. The summed E-state index contributed by atoms with van der Waals surface area (Å²) in [6, 6.07) is 15.9. The predicted molar refractivity (Wildman–Crippen MR) is 128 cm³/mol. The molecule has 2 saturated heterocycles. The minimum Gasteiger partial charge on any atom is -0.369 e. The molecule has 2 aliphatic heterocycles. The largest absolute Gasteiger partial charge is 0.369 e. The van der Waals surface area contributed by atoms with E-state index in [4.69, 9.17) is 11.6 Å². The van der Waals surface area contributed by atoms with Gasteiger partial charge >= 0.3 is 0 Å². The number of unbranched alkanes of at least 4 members (excludes halogenated alkanes) is 1. The Balaban J connectivity index is 1.17. The maximum Gasteiger partial charge on any atom is 0.252 e. The Bertz CT molecular complexity index is 992. The number of nitrogens with one attached hydrogen (secondary N) is 1. The minimum absolute atomic E-state index is 0.0306. The highest BCUT2D eigenvalue weighted by Crippen LogP contribution is 2.21. The number of hydrogen-bond donors (Lipinski definition) is 1. The van der Waals surface area contributed by atoms with E-state index in [1.807, 2.05) is 24.3 Å². The molecule has 0 radical (unpaired) electrons. The Hall–Kier alpha value is -2.90. The zero-order valence-electron chi connectivity index (χ0n) is 18.6. The van der Waals surface area contributed by atoms with Gasteiger partial charge in [0, 0.05) is 49.0 Å². The van der Waals surface area contributed by atoms with Crippen molar-refractivity contribution >= 4 is 35.0 Å². The Morgan fingerprint density at radius 3 is 2.39 bits per heavy atom.